The van der Waals surface area contributed by atoms with Gasteiger partial charge in [0.25, 0.3) is 0 Å². The van der Waals surface area contributed by atoms with E-state index in [1.165, 1.54) is 0 Å². The zero-order chi connectivity index (χ0) is 15.7. The van der Waals surface area contributed by atoms with E-state index in [4.69, 9.17) is 20.9 Å². The van der Waals surface area contributed by atoms with Crippen LogP contribution >= 0.6 is 11.6 Å². The van der Waals surface area contributed by atoms with E-state index >= 15 is 0 Å². The summed E-state index contributed by atoms with van der Waals surface area (Å²) in [5.41, 5.74) is 0.544. The molecule has 1 fully saturated rings. The summed E-state index contributed by atoms with van der Waals surface area (Å²) in [5.74, 6) is 0.678. The fourth-order valence-corrected chi connectivity index (χ4v) is 2.93. The molecule has 0 amide bonds. The Morgan fingerprint density at radius 3 is 3.00 bits per heavy atom. The molecule has 22 heavy (non-hydrogen) atoms. The molecule has 0 radical (unpaired) electrons. The van der Waals surface area contributed by atoms with Crippen LogP contribution in [0.5, 0.6) is 0 Å². The van der Waals surface area contributed by atoms with Crippen LogP contribution in [-0.2, 0) is 11.3 Å². The molecule has 3 rings (SSSR count). The third kappa shape index (κ3) is 2.99. The van der Waals surface area contributed by atoms with Crippen molar-refractivity contribution in [3.05, 3.63) is 46.3 Å². The Balaban J connectivity index is 1.88. The lowest BCUT2D eigenvalue weighted by molar-refractivity contribution is -0.0766. The Kier molecular flexibility index (Phi) is 4.42. The molecule has 1 aliphatic heterocycles. The fourth-order valence-electron chi connectivity index (χ4n) is 2.74. The van der Waals surface area contributed by atoms with Crippen molar-refractivity contribution in [3.8, 4) is 0 Å². The van der Waals surface area contributed by atoms with Gasteiger partial charge in [-0.05, 0) is 19.9 Å². The molecular weight excluding hydrogens is 309 g/mol. The van der Waals surface area contributed by atoms with Crippen molar-refractivity contribution in [2.45, 2.75) is 32.5 Å². The van der Waals surface area contributed by atoms with Crippen LogP contribution in [0.15, 0.2) is 22.7 Å². The molecule has 0 saturated carbocycles. The van der Waals surface area contributed by atoms with E-state index in [-0.39, 0.29) is 23.0 Å². The normalized spacial score (nSPS) is 22.9. The van der Waals surface area contributed by atoms with Crippen molar-refractivity contribution in [2.75, 3.05) is 13.2 Å². The standard InChI is InChI=1S/C15H17ClFN3O2/c1-9-14(15-18-10(2)19-22-15)20(6-7-21-9)8-11-4-3-5-12(16)13(11)17/h3-5,9,14H,6-8H2,1-2H3/t9-,14+/m1/s1. The number of hydrogen-bond acceptors (Lipinski definition) is 5. The van der Waals surface area contributed by atoms with Crippen LogP contribution < -0.4 is 0 Å². The van der Waals surface area contributed by atoms with Crippen LogP contribution in [0, 0.1) is 12.7 Å². The van der Waals surface area contributed by atoms with Crippen molar-refractivity contribution in [1.82, 2.24) is 15.0 Å². The number of rotatable bonds is 3. The summed E-state index contributed by atoms with van der Waals surface area (Å²) < 4.78 is 25.1. The molecule has 0 bridgehead atoms. The molecule has 2 aromatic rings. The van der Waals surface area contributed by atoms with Crippen molar-refractivity contribution >= 4 is 11.6 Å². The van der Waals surface area contributed by atoms with E-state index < -0.39 is 0 Å². The second-order valence-corrected chi connectivity index (χ2v) is 5.79. The average Bonchev–Trinajstić information content (AvgIpc) is 2.90. The summed E-state index contributed by atoms with van der Waals surface area (Å²) in [6.45, 7) is 5.36. The van der Waals surface area contributed by atoms with Crippen molar-refractivity contribution in [1.29, 1.82) is 0 Å². The number of morpholine rings is 1. The minimum absolute atomic E-state index is 0.115. The zero-order valence-corrected chi connectivity index (χ0v) is 13.2. The molecule has 1 saturated heterocycles. The highest BCUT2D eigenvalue weighted by molar-refractivity contribution is 6.30. The van der Waals surface area contributed by atoms with Gasteiger partial charge in [0.15, 0.2) is 5.82 Å². The second-order valence-electron chi connectivity index (χ2n) is 5.38. The van der Waals surface area contributed by atoms with E-state index in [1.807, 2.05) is 6.92 Å². The van der Waals surface area contributed by atoms with Gasteiger partial charge >= 0.3 is 0 Å². The Labute approximate surface area is 133 Å². The van der Waals surface area contributed by atoms with E-state index in [1.54, 1.807) is 25.1 Å². The van der Waals surface area contributed by atoms with Gasteiger partial charge in [0.1, 0.15) is 11.9 Å². The van der Waals surface area contributed by atoms with Gasteiger partial charge in [-0.3, -0.25) is 4.90 Å². The monoisotopic (exact) mass is 325 g/mol. The topological polar surface area (TPSA) is 51.4 Å². The summed E-state index contributed by atoms with van der Waals surface area (Å²) in [7, 11) is 0. The highest BCUT2D eigenvalue weighted by Gasteiger charge is 2.35. The van der Waals surface area contributed by atoms with Crippen molar-refractivity contribution in [3.63, 3.8) is 0 Å². The van der Waals surface area contributed by atoms with E-state index in [9.17, 15) is 4.39 Å². The third-order valence-electron chi connectivity index (χ3n) is 3.80. The van der Waals surface area contributed by atoms with E-state index in [0.29, 0.717) is 37.0 Å². The largest absolute Gasteiger partial charge is 0.375 e. The highest BCUT2D eigenvalue weighted by atomic mass is 35.5. The SMILES string of the molecule is Cc1noc([C@@H]2[C@@H](C)OCCN2Cc2cccc(Cl)c2F)n1. The molecule has 0 spiro atoms. The predicted molar refractivity (Wildman–Crippen MR) is 79.0 cm³/mol. The van der Waals surface area contributed by atoms with Crippen LogP contribution in [0.2, 0.25) is 5.02 Å². The van der Waals surface area contributed by atoms with Gasteiger partial charge in [0.2, 0.25) is 5.89 Å². The predicted octanol–water partition coefficient (Wildman–Crippen LogP) is 3.13. The molecule has 0 aliphatic carbocycles. The van der Waals surface area contributed by atoms with Crippen LogP contribution in [0.1, 0.15) is 30.2 Å². The van der Waals surface area contributed by atoms with Gasteiger partial charge in [-0.1, -0.05) is 28.9 Å². The lowest BCUT2D eigenvalue weighted by Crippen LogP contribution is -2.44. The molecule has 118 valence electrons. The molecule has 2 atom stereocenters. The summed E-state index contributed by atoms with van der Waals surface area (Å²) in [5, 5.41) is 3.96. The molecule has 0 unspecified atom stereocenters. The van der Waals surface area contributed by atoms with Gasteiger partial charge in [-0.2, -0.15) is 4.98 Å². The first-order chi connectivity index (χ1) is 10.6. The quantitative estimate of drug-likeness (QED) is 0.867. The number of halogens is 2. The highest BCUT2D eigenvalue weighted by Crippen LogP contribution is 2.31. The molecular formula is C15H17ClFN3O2. The molecule has 1 aromatic heterocycles. The second kappa shape index (κ2) is 6.32. The molecule has 5 nitrogen and oxygen atoms in total. The number of benzene rings is 1. The summed E-state index contributed by atoms with van der Waals surface area (Å²) in [4.78, 5) is 6.38. The van der Waals surface area contributed by atoms with E-state index in [2.05, 4.69) is 15.0 Å². The average molecular weight is 326 g/mol. The Bertz CT molecular complexity index is 664. The summed E-state index contributed by atoms with van der Waals surface area (Å²) in [6, 6.07) is 4.82. The first kappa shape index (κ1) is 15.4. The Hall–Kier alpha value is -1.50. The Morgan fingerprint density at radius 2 is 2.27 bits per heavy atom. The molecule has 7 heteroatoms. The minimum Gasteiger partial charge on any atom is -0.375 e. The smallest absolute Gasteiger partial charge is 0.246 e. The Morgan fingerprint density at radius 1 is 1.45 bits per heavy atom. The molecule has 0 N–H and O–H groups in total. The number of aryl methyl sites for hydroxylation is 1. The van der Waals surface area contributed by atoms with Gasteiger partial charge in [0, 0.05) is 18.7 Å². The third-order valence-corrected chi connectivity index (χ3v) is 4.09. The number of hydrogen-bond donors (Lipinski definition) is 0. The lowest BCUT2D eigenvalue weighted by atomic mass is 10.1. The van der Waals surface area contributed by atoms with Gasteiger partial charge in [-0.15, -0.1) is 0 Å². The fraction of sp³-hybridized carbons (Fsp3) is 0.467. The van der Waals surface area contributed by atoms with Crippen LogP contribution in [0.4, 0.5) is 4.39 Å². The van der Waals surface area contributed by atoms with Gasteiger partial charge in [-0.25, -0.2) is 4.39 Å². The van der Waals surface area contributed by atoms with Crippen LogP contribution in [0.3, 0.4) is 0 Å². The minimum atomic E-state index is -0.385. The summed E-state index contributed by atoms with van der Waals surface area (Å²) in [6.07, 6.45) is -0.115. The summed E-state index contributed by atoms with van der Waals surface area (Å²) >= 11 is 5.86. The zero-order valence-electron chi connectivity index (χ0n) is 12.4. The first-order valence-corrected chi connectivity index (χ1v) is 7.53. The number of ether oxygens (including phenoxy) is 1. The molecule has 1 aromatic carbocycles. The maximum absolute atomic E-state index is 14.1. The molecule has 2 heterocycles. The molecule has 1 aliphatic rings. The van der Waals surface area contributed by atoms with Crippen LogP contribution in [-0.4, -0.2) is 34.3 Å². The number of aromatic nitrogens is 2. The van der Waals surface area contributed by atoms with E-state index in [0.717, 1.165) is 0 Å². The van der Waals surface area contributed by atoms with Crippen molar-refractivity contribution < 1.29 is 13.7 Å². The maximum Gasteiger partial charge on any atom is 0.246 e. The lowest BCUT2D eigenvalue weighted by Gasteiger charge is -2.37. The first-order valence-electron chi connectivity index (χ1n) is 7.15. The van der Waals surface area contributed by atoms with Crippen LogP contribution in [0.25, 0.3) is 0 Å². The van der Waals surface area contributed by atoms with Crippen molar-refractivity contribution in [2.24, 2.45) is 0 Å². The van der Waals surface area contributed by atoms with Gasteiger partial charge in [0.05, 0.1) is 17.7 Å². The number of nitrogens with zero attached hydrogens (tertiary/aromatic N) is 3. The van der Waals surface area contributed by atoms with Gasteiger partial charge < -0.3 is 9.26 Å². The maximum atomic E-state index is 14.1.